The van der Waals surface area contributed by atoms with Crippen molar-refractivity contribution in [1.29, 1.82) is 0 Å². The van der Waals surface area contributed by atoms with Gasteiger partial charge in [-0.2, -0.15) is 0 Å². The van der Waals surface area contributed by atoms with Crippen LogP contribution in [-0.2, 0) is 0 Å². The average Bonchev–Trinajstić information content (AvgIpc) is 2.69. The number of hydrogen-bond acceptors (Lipinski definition) is 4. The van der Waals surface area contributed by atoms with E-state index >= 15 is 0 Å². The second-order valence-corrected chi connectivity index (χ2v) is 5.63. The first-order valence-electron chi connectivity index (χ1n) is 5.89. The molecule has 102 valence electrons. The van der Waals surface area contributed by atoms with Crippen LogP contribution in [0, 0.1) is 16.0 Å². The summed E-state index contributed by atoms with van der Waals surface area (Å²) in [5.74, 6) is 0.0109. The summed E-state index contributed by atoms with van der Waals surface area (Å²) < 4.78 is 0.552. The number of non-ortho nitro benzene ring substituents is 1. The van der Waals surface area contributed by atoms with Gasteiger partial charge in [-0.3, -0.25) is 14.9 Å². The molecule has 7 heteroatoms. The van der Waals surface area contributed by atoms with E-state index < -0.39 is 4.92 Å². The van der Waals surface area contributed by atoms with Crippen molar-refractivity contribution in [3.63, 3.8) is 0 Å². The molecule has 6 nitrogen and oxygen atoms in total. The van der Waals surface area contributed by atoms with E-state index in [4.69, 9.17) is 5.73 Å². The highest BCUT2D eigenvalue weighted by molar-refractivity contribution is 9.10. The largest absolute Gasteiger partial charge is 0.337 e. The molecule has 1 aromatic carbocycles. The second-order valence-electron chi connectivity index (χ2n) is 4.77. The number of nitrogens with two attached hydrogens (primary N) is 1. The molecule has 1 heterocycles. The van der Waals surface area contributed by atoms with E-state index in [1.165, 1.54) is 18.2 Å². The van der Waals surface area contributed by atoms with Crippen molar-refractivity contribution in [3.8, 4) is 0 Å². The highest BCUT2D eigenvalue weighted by atomic mass is 79.9. The SMILES string of the molecule is CC1CN(C(=O)c2cc([N+](=O)[O-])ccc2Br)CC1N. The monoisotopic (exact) mass is 327 g/mol. The Bertz CT molecular complexity index is 525. The third kappa shape index (κ3) is 2.76. The van der Waals surface area contributed by atoms with Crippen molar-refractivity contribution >= 4 is 27.5 Å². The van der Waals surface area contributed by atoms with Crippen LogP contribution in [0.4, 0.5) is 5.69 Å². The summed E-state index contributed by atoms with van der Waals surface area (Å²) in [6, 6.07) is 4.13. The first-order valence-corrected chi connectivity index (χ1v) is 6.68. The summed E-state index contributed by atoms with van der Waals surface area (Å²) in [6.45, 7) is 3.05. The molecule has 2 N–H and O–H groups in total. The Morgan fingerprint density at radius 3 is 2.74 bits per heavy atom. The first kappa shape index (κ1) is 14.0. The van der Waals surface area contributed by atoms with Crippen LogP contribution in [0.1, 0.15) is 17.3 Å². The van der Waals surface area contributed by atoms with Gasteiger partial charge in [0.15, 0.2) is 0 Å². The van der Waals surface area contributed by atoms with Gasteiger partial charge in [-0.15, -0.1) is 0 Å². The van der Waals surface area contributed by atoms with E-state index in [0.717, 1.165) is 0 Å². The molecule has 0 saturated carbocycles. The molecular formula is C12H14BrN3O3. The summed E-state index contributed by atoms with van der Waals surface area (Å²) in [7, 11) is 0. The highest BCUT2D eigenvalue weighted by Crippen LogP contribution is 2.26. The summed E-state index contributed by atoms with van der Waals surface area (Å²) in [5, 5.41) is 10.8. The summed E-state index contributed by atoms with van der Waals surface area (Å²) in [4.78, 5) is 24.2. The van der Waals surface area contributed by atoms with Crippen LogP contribution >= 0.6 is 15.9 Å². The quantitative estimate of drug-likeness (QED) is 0.662. The predicted octanol–water partition coefficient (Wildman–Crippen LogP) is 1.78. The van der Waals surface area contributed by atoms with Crippen molar-refractivity contribution in [1.82, 2.24) is 4.90 Å². The lowest BCUT2D eigenvalue weighted by molar-refractivity contribution is -0.384. The molecule has 1 saturated heterocycles. The van der Waals surface area contributed by atoms with Crippen LogP contribution in [0.25, 0.3) is 0 Å². The number of rotatable bonds is 2. The van der Waals surface area contributed by atoms with Crippen LogP contribution in [0.15, 0.2) is 22.7 Å². The number of nitro groups is 1. The van der Waals surface area contributed by atoms with Crippen LogP contribution in [0.2, 0.25) is 0 Å². The minimum absolute atomic E-state index is 0.0403. The average molecular weight is 328 g/mol. The fourth-order valence-corrected chi connectivity index (χ4v) is 2.54. The van der Waals surface area contributed by atoms with Crippen molar-refractivity contribution in [2.75, 3.05) is 13.1 Å². The van der Waals surface area contributed by atoms with Gasteiger partial charge in [0, 0.05) is 35.7 Å². The van der Waals surface area contributed by atoms with Crippen molar-refractivity contribution < 1.29 is 9.72 Å². The number of amides is 1. The number of hydrogen-bond donors (Lipinski definition) is 1. The van der Waals surface area contributed by atoms with Crippen molar-refractivity contribution in [2.24, 2.45) is 11.7 Å². The first-order chi connectivity index (χ1) is 8.90. The van der Waals surface area contributed by atoms with Crippen LogP contribution in [0.5, 0.6) is 0 Å². The molecule has 2 unspecified atom stereocenters. The van der Waals surface area contributed by atoms with Gasteiger partial charge in [0.2, 0.25) is 0 Å². The molecule has 1 amide bonds. The maximum Gasteiger partial charge on any atom is 0.270 e. The normalized spacial score (nSPS) is 22.6. The predicted molar refractivity (Wildman–Crippen MR) is 73.8 cm³/mol. The number of carbonyl (C=O) groups excluding carboxylic acids is 1. The fraction of sp³-hybridized carbons (Fsp3) is 0.417. The number of benzene rings is 1. The van der Waals surface area contributed by atoms with E-state index in [9.17, 15) is 14.9 Å². The zero-order chi connectivity index (χ0) is 14.2. The van der Waals surface area contributed by atoms with Gasteiger partial charge in [-0.05, 0) is 27.9 Å². The minimum Gasteiger partial charge on any atom is -0.337 e. The lowest BCUT2D eigenvalue weighted by Crippen LogP contribution is -2.32. The Kier molecular flexibility index (Phi) is 3.86. The smallest absolute Gasteiger partial charge is 0.270 e. The molecule has 1 aromatic rings. The van der Waals surface area contributed by atoms with Crippen LogP contribution in [0.3, 0.4) is 0 Å². The minimum atomic E-state index is -0.512. The molecule has 0 spiro atoms. The number of halogens is 1. The molecule has 0 bridgehead atoms. The second kappa shape index (κ2) is 5.26. The van der Waals surface area contributed by atoms with Gasteiger partial charge in [-0.25, -0.2) is 0 Å². The number of nitro benzene ring substituents is 1. The van der Waals surface area contributed by atoms with Crippen LogP contribution < -0.4 is 5.73 Å². The Morgan fingerprint density at radius 2 is 2.21 bits per heavy atom. The zero-order valence-corrected chi connectivity index (χ0v) is 12.0. The molecule has 1 fully saturated rings. The fourth-order valence-electron chi connectivity index (χ4n) is 2.12. The molecular weight excluding hydrogens is 314 g/mol. The lowest BCUT2D eigenvalue weighted by atomic mass is 10.1. The molecule has 1 aliphatic rings. The van der Waals surface area contributed by atoms with E-state index in [0.29, 0.717) is 23.1 Å². The van der Waals surface area contributed by atoms with Gasteiger partial charge in [0.1, 0.15) is 0 Å². The van der Waals surface area contributed by atoms with E-state index in [-0.39, 0.29) is 23.6 Å². The number of likely N-dealkylation sites (tertiary alicyclic amines) is 1. The molecule has 2 rings (SSSR count). The third-order valence-electron chi connectivity index (χ3n) is 3.35. The highest BCUT2D eigenvalue weighted by Gasteiger charge is 2.31. The molecule has 0 aromatic heterocycles. The Hall–Kier alpha value is -1.47. The van der Waals surface area contributed by atoms with E-state index in [2.05, 4.69) is 15.9 Å². The Labute approximate surface area is 118 Å². The molecule has 2 atom stereocenters. The van der Waals surface area contributed by atoms with Gasteiger partial charge < -0.3 is 10.6 Å². The third-order valence-corrected chi connectivity index (χ3v) is 4.04. The Morgan fingerprint density at radius 1 is 1.53 bits per heavy atom. The van der Waals surface area contributed by atoms with E-state index in [1.54, 1.807) is 4.90 Å². The Balaban J connectivity index is 2.29. The molecule has 0 radical (unpaired) electrons. The molecule has 1 aliphatic heterocycles. The summed E-state index contributed by atoms with van der Waals surface area (Å²) in [6.07, 6.45) is 0. The van der Waals surface area contributed by atoms with Crippen molar-refractivity contribution in [3.05, 3.63) is 38.3 Å². The summed E-state index contributed by atoms with van der Waals surface area (Å²) in [5.41, 5.74) is 6.09. The zero-order valence-electron chi connectivity index (χ0n) is 10.4. The lowest BCUT2D eigenvalue weighted by Gasteiger charge is -2.16. The van der Waals surface area contributed by atoms with Gasteiger partial charge in [0.25, 0.3) is 11.6 Å². The van der Waals surface area contributed by atoms with Gasteiger partial charge >= 0.3 is 0 Å². The molecule has 19 heavy (non-hydrogen) atoms. The van der Waals surface area contributed by atoms with Crippen molar-refractivity contribution in [2.45, 2.75) is 13.0 Å². The van der Waals surface area contributed by atoms with E-state index in [1.807, 2.05) is 6.92 Å². The summed E-state index contributed by atoms with van der Waals surface area (Å²) >= 11 is 3.26. The number of nitrogens with zero attached hydrogens (tertiary/aromatic N) is 2. The maximum absolute atomic E-state index is 12.4. The molecule has 0 aliphatic carbocycles. The van der Waals surface area contributed by atoms with Crippen LogP contribution in [-0.4, -0.2) is 34.9 Å². The topological polar surface area (TPSA) is 89.5 Å². The van der Waals surface area contributed by atoms with Gasteiger partial charge in [0.05, 0.1) is 10.5 Å². The number of carbonyl (C=O) groups is 1. The van der Waals surface area contributed by atoms with Gasteiger partial charge in [-0.1, -0.05) is 6.92 Å². The standard InChI is InChI=1S/C12H14BrN3O3/c1-7-5-15(6-11(7)14)12(17)9-4-8(16(18)19)2-3-10(9)13/h2-4,7,11H,5-6,14H2,1H3. The maximum atomic E-state index is 12.4.